The number of esters is 1. The van der Waals surface area contributed by atoms with Gasteiger partial charge in [0, 0.05) is 22.1 Å². The zero-order valence-corrected chi connectivity index (χ0v) is 15.9. The number of carbonyl (C=O) groups excluding carboxylic acids is 2. The molecule has 0 atom stereocenters. The molecule has 0 aliphatic carbocycles. The van der Waals surface area contributed by atoms with E-state index in [9.17, 15) is 19.7 Å². The minimum absolute atomic E-state index is 0.142. The number of methoxy groups -OCH3 is 1. The SMILES string of the molecule is COC(=O)c1cc(-c2ccccc2)sc1NC(=O)c1cccc([N+](=O)[O-])c1C. The monoisotopic (exact) mass is 396 g/mol. The van der Waals surface area contributed by atoms with E-state index in [0.717, 1.165) is 10.4 Å². The Morgan fingerprint density at radius 1 is 1.07 bits per heavy atom. The van der Waals surface area contributed by atoms with Crippen molar-refractivity contribution in [1.82, 2.24) is 0 Å². The summed E-state index contributed by atoms with van der Waals surface area (Å²) < 4.78 is 4.81. The Morgan fingerprint density at radius 2 is 1.79 bits per heavy atom. The van der Waals surface area contributed by atoms with E-state index in [1.807, 2.05) is 30.3 Å². The fourth-order valence-corrected chi connectivity index (χ4v) is 3.77. The number of nitro groups is 1. The predicted molar refractivity (Wildman–Crippen MR) is 107 cm³/mol. The molecule has 28 heavy (non-hydrogen) atoms. The maximum Gasteiger partial charge on any atom is 0.340 e. The van der Waals surface area contributed by atoms with Gasteiger partial charge >= 0.3 is 5.97 Å². The summed E-state index contributed by atoms with van der Waals surface area (Å²) in [5.41, 5.74) is 1.40. The lowest BCUT2D eigenvalue weighted by Crippen LogP contribution is -2.15. The second kappa shape index (κ2) is 8.01. The Labute approximate surface area is 164 Å². The second-order valence-electron chi connectivity index (χ2n) is 5.87. The summed E-state index contributed by atoms with van der Waals surface area (Å²) in [4.78, 5) is 36.2. The molecule has 0 aliphatic heterocycles. The molecular weight excluding hydrogens is 380 g/mol. The van der Waals surface area contributed by atoms with Crippen LogP contribution in [0.15, 0.2) is 54.6 Å². The zero-order valence-electron chi connectivity index (χ0n) is 15.1. The number of hydrogen-bond donors (Lipinski definition) is 1. The minimum Gasteiger partial charge on any atom is -0.465 e. The van der Waals surface area contributed by atoms with Crippen LogP contribution in [0.5, 0.6) is 0 Å². The standard InChI is InChI=1S/C20H16N2O5S/c1-12-14(9-6-10-16(12)22(25)26)18(23)21-19-15(20(24)27-2)11-17(28-19)13-7-4-3-5-8-13/h3-11H,1-2H3,(H,21,23). The van der Waals surface area contributed by atoms with Gasteiger partial charge in [-0.15, -0.1) is 11.3 Å². The molecule has 3 aromatic rings. The maximum atomic E-state index is 12.7. The molecule has 3 rings (SSSR count). The van der Waals surface area contributed by atoms with Crippen LogP contribution in [0.25, 0.3) is 10.4 Å². The second-order valence-corrected chi connectivity index (χ2v) is 6.92. The van der Waals surface area contributed by atoms with Crippen LogP contribution in [0.1, 0.15) is 26.3 Å². The first-order valence-electron chi connectivity index (χ1n) is 8.25. The van der Waals surface area contributed by atoms with Crippen molar-refractivity contribution in [1.29, 1.82) is 0 Å². The van der Waals surface area contributed by atoms with Crippen molar-refractivity contribution in [3.05, 3.63) is 81.4 Å². The first kappa shape index (κ1) is 19.2. The first-order chi connectivity index (χ1) is 13.4. The number of anilines is 1. The third-order valence-electron chi connectivity index (χ3n) is 4.17. The van der Waals surface area contributed by atoms with Gasteiger partial charge in [-0.05, 0) is 24.6 Å². The number of carbonyl (C=O) groups is 2. The van der Waals surface area contributed by atoms with Gasteiger partial charge in [0.1, 0.15) is 5.00 Å². The molecule has 0 aliphatic rings. The van der Waals surface area contributed by atoms with Crippen molar-refractivity contribution in [2.24, 2.45) is 0 Å². The molecule has 0 saturated heterocycles. The normalized spacial score (nSPS) is 10.4. The van der Waals surface area contributed by atoms with Crippen molar-refractivity contribution in [2.75, 3.05) is 12.4 Å². The van der Waals surface area contributed by atoms with E-state index in [4.69, 9.17) is 4.74 Å². The summed E-state index contributed by atoms with van der Waals surface area (Å²) in [5, 5.41) is 14.1. The molecule has 0 unspecified atom stereocenters. The van der Waals surface area contributed by atoms with Gasteiger partial charge in [-0.2, -0.15) is 0 Å². The molecule has 0 radical (unpaired) electrons. The number of nitrogens with zero attached hydrogens (tertiary/aromatic N) is 1. The van der Waals surface area contributed by atoms with Crippen LogP contribution in [0, 0.1) is 17.0 Å². The van der Waals surface area contributed by atoms with Gasteiger partial charge in [0.15, 0.2) is 0 Å². The molecule has 142 valence electrons. The Hall–Kier alpha value is -3.52. The lowest BCUT2D eigenvalue weighted by atomic mass is 10.1. The third kappa shape index (κ3) is 3.77. The van der Waals surface area contributed by atoms with Crippen LogP contribution in [-0.4, -0.2) is 23.9 Å². The van der Waals surface area contributed by atoms with E-state index in [1.54, 1.807) is 6.07 Å². The average Bonchev–Trinajstić information content (AvgIpc) is 3.11. The smallest absolute Gasteiger partial charge is 0.340 e. The Balaban J connectivity index is 1.99. The number of benzene rings is 2. The Morgan fingerprint density at radius 3 is 2.43 bits per heavy atom. The van der Waals surface area contributed by atoms with E-state index in [2.05, 4.69) is 5.32 Å². The Bertz CT molecular complexity index is 1060. The van der Waals surface area contributed by atoms with E-state index >= 15 is 0 Å². The van der Waals surface area contributed by atoms with E-state index in [-0.39, 0.29) is 22.4 Å². The molecule has 1 N–H and O–H groups in total. The number of thiophene rings is 1. The van der Waals surface area contributed by atoms with E-state index < -0.39 is 16.8 Å². The predicted octanol–water partition coefficient (Wildman–Crippen LogP) is 4.67. The van der Waals surface area contributed by atoms with Gasteiger partial charge in [-0.25, -0.2) is 4.79 Å². The highest BCUT2D eigenvalue weighted by atomic mass is 32.1. The lowest BCUT2D eigenvalue weighted by Gasteiger charge is -2.08. The molecule has 8 heteroatoms. The zero-order chi connectivity index (χ0) is 20.3. The summed E-state index contributed by atoms with van der Waals surface area (Å²) in [6.45, 7) is 1.51. The first-order valence-corrected chi connectivity index (χ1v) is 9.07. The van der Waals surface area contributed by atoms with Crippen molar-refractivity contribution in [2.45, 2.75) is 6.92 Å². The van der Waals surface area contributed by atoms with E-state index in [0.29, 0.717) is 5.00 Å². The number of ether oxygens (including phenoxy) is 1. The highest BCUT2D eigenvalue weighted by molar-refractivity contribution is 7.20. The van der Waals surface area contributed by atoms with Gasteiger partial charge in [-0.3, -0.25) is 14.9 Å². The van der Waals surface area contributed by atoms with Crippen molar-refractivity contribution in [3.8, 4) is 10.4 Å². The average molecular weight is 396 g/mol. The fourth-order valence-electron chi connectivity index (χ4n) is 2.73. The molecule has 0 bridgehead atoms. The molecule has 2 aromatic carbocycles. The summed E-state index contributed by atoms with van der Waals surface area (Å²) in [6.07, 6.45) is 0. The van der Waals surface area contributed by atoms with Gasteiger partial charge in [0.05, 0.1) is 17.6 Å². The molecule has 1 amide bonds. The van der Waals surface area contributed by atoms with Crippen molar-refractivity contribution < 1.29 is 19.2 Å². The highest BCUT2D eigenvalue weighted by Crippen LogP contribution is 2.36. The van der Waals surface area contributed by atoms with Crippen LogP contribution in [0.4, 0.5) is 10.7 Å². The summed E-state index contributed by atoms with van der Waals surface area (Å²) >= 11 is 1.23. The minimum atomic E-state index is -0.579. The molecule has 1 heterocycles. The van der Waals surface area contributed by atoms with Crippen LogP contribution >= 0.6 is 11.3 Å². The largest absolute Gasteiger partial charge is 0.465 e. The molecule has 7 nitrogen and oxygen atoms in total. The molecule has 1 aromatic heterocycles. The molecule has 0 fully saturated rings. The number of nitrogens with one attached hydrogen (secondary N) is 1. The van der Waals surface area contributed by atoms with Gasteiger partial charge < -0.3 is 10.1 Å². The van der Waals surface area contributed by atoms with Crippen LogP contribution in [0.3, 0.4) is 0 Å². The number of amides is 1. The van der Waals surface area contributed by atoms with Crippen LogP contribution in [0.2, 0.25) is 0 Å². The summed E-state index contributed by atoms with van der Waals surface area (Å²) in [7, 11) is 1.26. The quantitative estimate of drug-likeness (QED) is 0.384. The van der Waals surface area contributed by atoms with Gasteiger partial charge in [-0.1, -0.05) is 36.4 Å². The molecule has 0 spiro atoms. The highest BCUT2D eigenvalue weighted by Gasteiger charge is 2.22. The summed E-state index contributed by atoms with van der Waals surface area (Å²) in [6, 6.07) is 15.4. The maximum absolute atomic E-state index is 12.7. The van der Waals surface area contributed by atoms with Gasteiger partial charge in [0.2, 0.25) is 0 Å². The lowest BCUT2D eigenvalue weighted by molar-refractivity contribution is -0.385. The topological polar surface area (TPSA) is 98.5 Å². The van der Waals surface area contributed by atoms with Crippen LogP contribution in [-0.2, 0) is 4.74 Å². The van der Waals surface area contributed by atoms with E-state index in [1.165, 1.54) is 43.6 Å². The van der Waals surface area contributed by atoms with Crippen molar-refractivity contribution >= 4 is 33.9 Å². The van der Waals surface area contributed by atoms with Gasteiger partial charge in [0.25, 0.3) is 11.6 Å². The molecular formula is C20H16N2O5S. The van der Waals surface area contributed by atoms with Crippen LogP contribution < -0.4 is 5.32 Å². The van der Waals surface area contributed by atoms with Crippen molar-refractivity contribution in [3.63, 3.8) is 0 Å². The summed E-state index contributed by atoms with van der Waals surface area (Å²) in [5.74, 6) is -1.11. The number of nitro benzene ring substituents is 1. The number of hydrogen-bond acceptors (Lipinski definition) is 6. The number of rotatable bonds is 5. The third-order valence-corrected chi connectivity index (χ3v) is 5.27. The Kier molecular flexibility index (Phi) is 5.51. The fraction of sp³-hybridized carbons (Fsp3) is 0.100. The molecule has 0 saturated carbocycles.